The van der Waals surface area contributed by atoms with Gasteiger partial charge >= 0.3 is 0 Å². The van der Waals surface area contributed by atoms with Gasteiger partial charge in [-0.15, -0.1) is 0 Å². The number of aliphatic hydroxyl groups is 1. The Morgan fingerprint density at radius 1 is 1.23 bits per heavy atom. The summed E-state index contributed by atoms with van der Waals surface area (Å²) in [4.78, 5) is 12.1. The number of hydrogen-bond donors (Lipinski definition) is 2. The molecule has 0 bridgehead atoms. The number of ether oxygens (including phenoxy) is 1. The molecular formula is C17H18ClNO3. The van der Waals surface area contributed by atoms with Crippen molar-refractivity contribution < 1.29 is 14.6 Å². The predicted molar refractivity (Wildman–Crippen MR) is 86.2 cm³/mol. The predicted octanol–water partition coefficient (Wildman–Crippen LogP) is 3.03. The maximum Gasteiger partial charge on any atom is 0.255 e. The van der Waals surface area contributed by atoms with Crippen LogP contribution >= 0.6 is 11.6 Å². The Hall–Kier alpha value is -2.04. The van der Waals surface area contributed by atoms with Crippen molar-refractivity contribution in [2.75, 3.05) is 6.54 Å². The fourth-order valence-corrected chi connectivity index (χ4v) is 2.08. The van der Waals surface area contributed by atoms with E-state index in [1.165, 1.54) is 0 Å². The van der Waals surface area contributed by atoms with Crippen molar-refractivity contribution in [1.82, 2.24) is 5.32 Å². The highest BCUT2D eigenvalue weighted by molar-refractivity contribution is 6.31. The van der Waals surface area contributed by atoms with Gasteiger partial charge in [-0.1, -0.05) is 41.9 Å². The molecule has 0 heterocycles. The van der Waals surface area contributed by atoms with Crippen molar-refractivity contribution >= 4 is 17.5 Å². The maximum atomic E-state index is 12.1. The third-order valence-electron chi connectivity index (χ3n) is 3.03. The third kappa shape index (κ3) is 4.48. The SMILES string of the molecule is CC(O)CNC(=O)c1ccccc1OCc1ccccc1Cl. The van der Waals surface area contributed by atoms with Crippen LogP contribution < -0.4 is 10.1 Å². The van der Waals surface area contributed by atoms with Crippen LogP contribution in [0.25, 0.3) is 0 Å². The van der Waals surface area contributed by atoms with E-state index in [-0.39, 0.29) is 19.1 Å². The second-order valence-electron chi connectivity index (χ2n) is 4.94. The van der Waals surface area contributed by atoms with Gasteiger partial charge in [-0.05, 0) is 25.1 Å². The van der Waals surface area contributed by atoms with Crippen LogP contribution in [-0.4, -0.2) is 23.7 Å². The zero-order chi connectivity index (χ0) is 15.9. The monoisotopic (exact) mass is 319 g/mol. The van der Waals surface area contributed by atoms with Crippen LogP contribution in [0.4, 0.5) is 0 Å². The summed E-state index contributed by atoms with van der Waals surface area (Å²) in [5.74, 6) is 0.196. The number of para-hydroxylation sites is 1. The zero-order valence-corrected chi connectivity index (χ0v) is 13.0. The number of hydrogen-bond acceptors (Lipinski definition) is 3. The molecule has 0 saturated carbocycles. The quantitative estimate of drug-likeness (QED) is 0.860. The first-order chi connectivity index (χ1) is 10.6. The standard InChI is InChI=1S/C17H18ClNO3/c1-12(20)10-19-17(21)14-7-3-5-9-16(14)22-11-13-6-2-4-8-15(13)18/h2-9,12,20H,10-11H2,1H3,(H,19,21). The van der Waals surface area contributed by atoms with Gasteiger partial charge in [0.2, 0.25) is 0 Å². The van der Waals surface area contributed by atoms with E-state index in [0.29, 0.717) is 16.3 Å². The number of nitrogens with one attached hydrogen (secondary N) is 1. The normalized spacial score (nSPS) is 11.8. The molecule has 0 aliphatic rings. The smallest absolute Gasteiger partial charge is 0.255 e. The molecule has 2 aromatic rings. The van der Waals surface area contributed by atoms with E-state index in [9.17, 15) is 9.90 Å². The van der Waals surface area contributed by atoms with Gasteiger partial charge in [0.05, 0.1) is 11.7 Å². The first-order valence-electron chi connectivity index (χ1n) is 6.99. The molecule has 2 aromatic carbocycles. The van der Waals surface area contributed by atoms with E-state index in [1.807, 2.05) is 18.2 Å². The fourth-order valence-electron chi connectivity index (χ4n) is 1.89. The average Bonchev–Trinajstić information content (AvgIpc) is 2.52. The molecule has 0 aliphatic carbocycles. The number of halogens is 1. The molecule has 0 radical (unpaired) electrons. The number of amides is 1. The number of aliphatic hydroxyl groups excluding tert-OH is 1. The van der Waals surface area contributed by atoms with Crippen molar-refractivity contribution in [2.45, 2.75) is 19.6 Å². The van der Waals surface area contributed by atoms with Crippen LogP contribution in [0.5, 0.6) is 5.75 Å². The zero-order valence-electron chi connectivity index (χ0n) is 12.3. The molecule has 1 unspecified atom stereocenters. The maximum absolute atomic E-state index is 12.1. The van der Waals surface area contributed by atoms with Gasteiger partial charge in [0.15, 0.2) is 0 Å². The number of carbonyl (C=O) groups excluding carboxylic acids is 1. The molecule has 0 aliphatic heterocycles. The molecule has 0 aromatic heterocycles. The Morgan fingerprint density at radius 3 is 2.64 bits per heavy atom. The van der Waals surface area contributed by atoms with Crippen molar-refractivity contribution in [3.63, 3.8) is 0 Å². The highest BCUT2D eigenvalue weighted by Gasteiger charge is 2.13. The largest absolute Gasteiger partial charge is 0.488 e. The lowest BCUT2D eigenvalue weighted by molar-refractivity contribution is 0.0919. The molecule has 22 heavy (non-hydrogen) atoms. The van der Waals surface area contributed by atoms with Crippen molar-refractivity contribution in [1.29, 1.82) is 0 Å². The van der Waals surface area contributed by atoms with Gasteiger partial charge in [0.25, 0.3) is 5.91 Å². The highest BCUT2D eigenvalue weighted by atomic mass is 35.5. The molecule has 0 spiro atoms. The van der Waals surface area contributed by atoms with E-state index >= 15 is 0 Å². The lowest BCUT2D eigenvalue weighted by atomic mass is 10.2. The van der Waals surface area contributed by atoms with Crippen LogP contribution in [0.3, 0.4) is 0 Å². The summed E-state index contributed by atoms with van der Waals surface area (Å²) < 4.78 is 5.72. The van der Waals surface area contributed by atoms with Gasteiger partial charge in [-0.3, -0.25) is 4.79 Å². The number of rotatable bonds is 6. The fraction of sp³-hybridized carbons (Fsp3) is 0.235. The molecule has 116 valence electrons. The van der Waals surface area contributed by atoms with Gasteiger partial charge in [-0.25, -0.2) is 0 Å². The van der Waals surface area contributed by atoms with E-state index in [1.54, 1.807) is 37.3 Å². The van der Waals surface area contributed by atoms with Crippen molar-refractivity contribution in [3.05, 3.63) is 64.7 Å². The van der Waals surface area contributed by atoms with Gasteiger partial charge in [-0.2, -0.15) is 0 Å². The molecule has 4 nitrogen and oxygen atoms in total. The van der Waals surface area contributed by atoms with E-state index in [4.69, 9.17) is 16.3 Å². The lowest BCUT2D eigenvalue weighted by Gasteiger charge is -2.13. The van der Waals surface area contributed by atoms with E-state index in [0.717, 1.165) is 5.56 Å². The summed E-state index contributed by atoms with van der Waals surface area (Å²) in [7, 11) is 0. The number of carbonyl (C=O) groups is 1. The highest BCUT2D eigenvalue weighted by Crippen LogP contribution is 2.21. The second-order valence-corrected chi connectivity index (χ2v) is 5.34. The summed E-state index contributed by atoms with van der Waals surface area (Å²) >= 11 is 6.09. The van der Waals surface area contributed by atoms with Crippen molar-refractivity contribution in [3.8, 4) is 5.75 Å². The molecule has 2 N–H and O–H groups in total. The summed E-state index contributed by atoms with van der Waals surface area (Å²) in [5.41, 5.74) is 1.28. The molecular weight excluding hydrogens is 302 g/mol. The first kappa shape index (κ1) is 16.3. The minimum absolute atomic E-state index is 0.192. The van der Waals surface area contributed by atoms with E-state index in [2.05, 4.69) is 5.32 Å². The molecule has 0 fully saturated rings. The summed E-state index contributed by atoms with van der Waals surface area (Å²) in [6.45, 7) is 2.08. The molecule has 1 amide bonds. The third-order valence-corrected chi connectivity index (χ3v) is 3.40. The van der Waals surface area contributed by atoms with Crippen molar-refractivity contribution in [2.24, 2.45) is 0 Å². The Morgan fingerprint density at radius 2 is 1.91 bits per heavy atom. The Balaban J connectivity index is 2.08. The summed E-state index contributed by atoms with van der Waals surface area (Å²) in [5, 5.41) is 12.5. The number of benzene rings is 2. The van der Waals surface area contributed by atoms with Crippen LogP contribution in [0.1, 0.15) is 22.8 Å². The average molecular weight is 320 g/mol. The topological polar surface area (TPSA) is 58.6 Å². The van der Waals surface area contributed by atoms with Crippen LogP contribution in [-0.2, 0) is 6.61 Å². The van der Waals surface area contributed by atoms with Gasteiger partial charge in [0, 0.05) is 17.1 Å². The van der Waals surface area contributed by atoms with Crippen LogP contribution in [0, 0.1) is 0 Å². The molecule has 1 atom stereocenters. The van der Waals surface area contributed by atoms with Crippen LogP contribution in [0.15, 0.2) is 48.5 Å². The molecule has 2 rings (SSSR count). The minimum atomic E-state index is -0.597. The van der Waals surface area contributed by atoms with Crippen LogP contribution in [0.2, 0.25) is 5.02 Å². The van der Waals surface area contributed by atoms with E-state index < -0.39 is 6.10 Å². The summed E-state index contributed by atoms with van der Waals surface area (Å²) in [6.07, 6.45) is -0.597. The van der Waals surface area contributed by atoms with Gasteiger partial charge < -0.3 is 15.2 Å². The molecule has 5 heteroatoms. The Bertz CT molecular complexity index is 643. The lowest BCUT2D eigenvalue weighted by Crippen LogP contribution is -2.30. The summed E-state index contributed by atoms with van der Waals surface area (Å²) in [6, 6.07) is 14.4. The second kappa shape index (κ2) is 7.82. The molecule has 0 saturated heterocycles. The Labute approximate surface area is 134 Å². The minimum Gasteiger partial charge on any atom is -0.488 e. The van der Waals surface area contributed by atoms with Gasteiger partial charge in [0.1, 0.15) is 12.4 Å². The first-order valence-corrected chi connectivity index (χ1v) is 7.37. The Kier molecular flexibility index (Phi) is 5.81.